The maximum atomic E-state index is 13.3. The fourth-order valence-corrected chi connectivity index (χ4v) is 2.22. The van der Waals surface area contributed by atoms with Gasteiger partial charge in [-0.05, 0) is 52.4 Å². The van der Waals surface area contributed by atoms with Gasteiger partial charge in [0.25, 0.3) is 5.91 Å². The first kappa shape index (κ1) is 16.6. The Labute approximate surface area is 130 Å². The Hall–Kier alpha value is -0.420. The van der Waals surface area contributed by atoms with Gasteiger partial charge in [0.05, 0.1) is 4.47 Å². The first-order chi connectivity index (χ1) is 8.85. The van der Waals surface area contributed by atoms with Crippen molar-refractivity contribution in [3.05, 3.63) is 34.1 Å². The molecule has 0 atom stereocenters. The van der Waals surface area contributed by atoms with Gasteiger partial charge in [0, 0.05) is 17.4 Å². The molecule has 1 amide bonds. The van der Waals surface area contributed by atoms with Gasteiger partial charge in [0.1, 0.15) is 5.82 Å². The van der Waals surface area contributed by atoms with Crippen LogP contribution in [-0.2, 0) is 0 Å². The van der Waals surface area contributed by atoms with Crippen molar-refractivity contribution in [3.63, 3.8) is 0 Å². The molecular weight excluding hydrogens is 377 g/mol. The second-order valence-corrected chi connectivity index (χ2v) is 6.92. The Bertz CT molecular complexity index is 449. The molecule has 5 heteroatoms. The number of rotatable bonds is 6. The molecule has 0 spiro atoms. The van der Waals surface area contributed by atoms with Crippen LogP contribution in [0.3, 0.4) is 0 Å². The fourth-order valence-electron chi connectivity index (χ4n) is 1.69. The van der Waals surface area contributed by atoms with Crippen molar-refractivity contribution < 1.29 is 9.18 Å². The number of hydrogen-bond donors (Lipinski definition) is 1. The first-order valence-electron chi connectivity index (χ1n) is 6.15. The van der Waals surface area contributed by atoms with Gasteiger partial charge in [0.15, 0.2) is 0 Å². The van der Waals surface area contributed by atoms with Crippen LogP contribution in [0.4, 0.5) is 4.39 Å². The van der Waals surface area contributed by atoms with Crippen LogP contribution in [0.15, 0.2) is 22.7 Å². The van der Waals surface area contributed by atoms with E-state index >= 15 is 0 Å². The van der Waals surface area contributed by atoms with Gasteiger partial charge in [-0.1, -0.05) is 29.8 Å². The van der Waals surface area contributed by atoms with Crippen molar-refractivity contribution >= 4 is 37.8 Å². The topological polar surface area (TPSA) is 29.1 Å². The van der Waals surface area contributed by atoms with E-state index in [4.69, 9.17) is 0 Å². The van der Waals surface area contributed by atoms with Crippen LogP contribution in [0.1, 0.15) is 37.0 Å². The highest BCUT2D eigenvalue weighted by Crippen LogP contribution is 2.22. The van der Waals surface area contributed by atoms with Gasteiger partial charge in [-0.3, -0.25) is 4.79 Å². The lowest BCUT2D eigenvalue weighted by Crippen LogP contribution is -2.34. The highest BCUT2D eigenvalue weighted by molar-refractivity contribution is 9.10. The van der Waals surface area contributed by atoms with Crippen LogP contribution in [0.5, 0.6) is 0 Å². The van der Waals surface area contributed by atoms with E-state index in [0.29, 0.717) is 16.6 Å². The van der Waals surface area contributed by atoms with Crippen LogP contribution in [0.25, 0.3) is 0 Å². The zero-order chi connectivity index (χ0) is 14.5. The molecule has 0 saturated heterocycles. The standard InChI is InChI=1S/C14H18Br2FNO/c1-14(2,6-3-7-15)9-18-13(19)10-4-5-11(16)12(17)8-10/h4-5,8H,3,6-7,9H2,1-2H3,(H,18,19). The molecule has 2 nitrogen and oxygen atoms in total. The van der Waals surface area contributed by atoms with Gasteiger partial charge in [-0.15, -0.1) is 0 Å². The summed E-state index contributed by atoms with van der Waals surface area (Å²) in [7, 11) is 0. The lowest BCUT2D eigenvalue weighted by molar-refractivity contribution is 0.0934. The zero-order valence-corrected chi connectivity index (χ0v) is 14.3. The summed E-state index contributed by atoms with van der Waals surface area (Å²) < 4.78 is 13.7. The highest BCUT2D eigenvalue weighted by Gasteiger charge is 2.19. The quantitative estimate of drug-likeness (QED) is 0.706. The second-order valence-electron chi connectivity index (χ2n) is 5.27. The number of nitrogens with one attached hydrogen (secondary N) is 1. The molecule has 1 N–H and O–H groups in total. The number of amides is 1. The monoisotopic (exact) mass is 393 g/mol. The maximum Gasteiger partial charge on any atom is 0.251 e. The molecule has 0 heterocycles. The number of carbonyl (C=O) groups is 1. The van der Waals surface area contributed by atoms with Crippen LogP contribution in [-0.4, -0.2) is 17.8 Å². The predicted octanol–water partition coefficient (Wildman–Crippen LogP) is 4.52. The molecule has 0 aliphatic rings. The van der Waals surface area contributed by atoms with Crippen LogP contribution in [0.2, 0.25) is 0 Å². The molecule has 1 rings (SSSR count). The molecule has 0 bridgehead atoms. The van der Waals surface area contributed by atoms with Crippen molar-refractivity contribution in [1.82, 2.24) is 5.32 Å². The normalized spacial score (nSPS) is 11.4. The van der Waals surface area contributed by atoms with Crippen LogP contribution in [0, 0.1) is 11.2 Å². The number of carbonyl (C=O) groups excluding carboxylic acids is 1. The van der Waals surface area contributed by atoms with E-state index in [-0.39, 0.29) is 11.3 Å². The summed E-state index contributed by atoms with van der Waals surface area (Å²) >= 11 is 6.47. The largest absolute Gasteiger partial charge is 0.352 e. The van der Waals surface area contributed by atoms with E-state index in [1.54, 1.807) is 12.1 Å². The van der Waals surface area contributed by atoms with Crippen molar-refractivity contribution in [2.75, 3.05) is 11.9 Å². The Kier molecular flexibility index (Phi) is 6.47. The van der Waals surface area contributed by atoms with Crippen molar-refractivity contribution in [2.45, 2.75) is 26.7 Å². The van der Waals surface area contributed by atoms with E-state index in [0.717, 1.165) is 18.2 Å². The van der Waals surface area contributed by atoms with E-state index < -0.39 is 5.82 Å². The molecule has 0 aliphatic carbocycles. The molecule has 0 radical (unpaired) electrons. The van der Waals surface area contributed by atoms with Crippen molar-refractivity contribution in [3.8, 4) is 0 Å². The van der Waals surface area contributed by atoms with Gasteiger partial charge in [-0.2, -0.15) is 0 Å². The van der Waals surface area contributed by atoms with Crippen LogP contribution >= 0.6 is 31.9 Å². The van der Waals surface area contributed by atoms with E-state index in [2.05, 4.69) is 51.0 Å². The molecule has 1 aromatic rings. The summed E-state index contributed by atoms with van der Waals surface area (Å²) in [5.41, 5.74) is 0.383. The minimum atomic E-state index is -0.425. The molecule has 106 valence electrons. The van der Waals surface area contributed by atoms with Crippen molar-refractivity contribution in [2.24, 2.45) is 5.41 Å². The average Bonchev–Trinajstić information content (AvgIpc) is 2.37. The Balaban J connectivity index is 2.57. The first-order valence-corrected chi connectivity index (χ1v) is 8.06. The third-order valence-corrected chi connectivity index (χ3v) is 4.10. The molecule has 0 aromatic heterocycles. The second kappa shape index (κ2) is 7.39. The minimum absolute atomic E-state index is 0.0390. The SMILES string of the molecule is CC(C)(CCCBr)CNC(=O)c1ccc(Br)c(F)c1. The summed E-state index contributed by atoms with van der Waals surface area (Å²) in [5.74, 6) is -0.662. The molecule has 0 unspecified atom stereocenters. The summed E-state index contributed by atoms with van der Waals surface area (Å²) in [6, 6.07) is 4.39. The number of benzene rings is 1. The minimum Gasteiger partial charge on any atom is -0.352 e. The molecular formula is C14H18Br2FNO. The Morgan fingerprint density at radius 1 is 1.42 bits per heavy atom. The summed E-state index contributed by atoms with van der Waals surface area (Å²) in [6.07, 6.45) is 2.09. The smallest absolute Gasteiger partial charge is 0.251 e. The van der Waals surface area contributed by atoms with E-state index in [1.807, 2.05) is 0 Å². The zero-order valence-electron chi connectivity index (χ0n) is 11.1. The summed E-state index contributed by atoms with van der Waals surface area (Å²) in [4.78, 5) is 11.9. The Morgan fingerprint density at radius 3 is 2.68 bits per heavy atom. The Morgan fingerprint density at radius 2 is 2.11 bits per heavy atom. The maximum absolute atomic E-state index is 13.3. The number of halogens is 3. The molecule has 0 saturated carbocycles. The van der Waals surface area contributed by atoms with Crippen LogP contribution < -0.4 is 5.32 Å². The third kappa shape index (κ3) is 5.61. The van der Waals surface area contributed by atoms with Gasteiger partial charge in [0.2, 0.25) is 0 Å². The molecule has 1 aromatic carbocycles. The summed E-state index contributed by atoms with van der Waals surface area (Å²) in [6.45, 7) is 4.80. The van der Waals surface area contributed by atoms with Gasteiger partial charge in [-0.25, -0.2) is 4.39 Å². The lowest BCUT2D eigenvalue weighted by Gasteiger charge is -2.24. The molecule has 19 heavy (non-hydrogen) atoms. The molecule has 0 aliphatic heterocycles. The predicted molar refractivity (Wildman–Crippen MR) is 83.2 cm³/mol. The fraction of sp³-hybridized carbons (Fsp3) is 0.500. The van der Waals surface area contributed by atoms with E-state index in [1.165, 1.54) is 6.07 Å². The molecule has 0 fully saturated rings. The third-order valence-electron chi connectivity index (χ3n) is 2.90. The van der Waals surface area contributed by atoms with E-state index in [9.17, 15) is 9.18 Å². The number of alkyl halides is 1. The number of hydrogen-bond acceptors (Lipinski definition) is 1. The lowest BCUT2D eigenvalue weighted by atomic mass is 9.88. The van der Waals surface area contributed by atoms with Crippen molar-refractivity contribution in [1.29, 1.82) is 0 Å². The highest BCUT2D eigenvalue weighted by atomic mass is 79.9. The van der Waals surface area contributed by atoms with Gasteiger partial charge >= 0.3 is 0 Å². The average molecular weight is 395 g/mol. The summed E-state index contributed by atoms with van der Waals surface area (Å²) in [5, 5.41) is 3.82. The van der Waals surface area contributed by atoms with Gasteiger partial charge < -0.3 is 5.32 Å².